The lowest BCUT2D eigenvalue weighted by Gasteiger charge is -2.13. The van der Waals surface area contributed by atoms with Crippen molar-refractivity contribution in [2.24, 2.45) is 5.16 Å². The summed E-state index contributed by atoms with van der Waals surface area (Å²) in [5, 5.41) is 14.4. The molecule has 0 fully saturated rings. The average Bonchev–Trinajstić information content (AvgIpc) is 2.61. The van der Waals surface area contributed by atoms with Crippen LogP contribution in [0.2, 0.25) is 5.02 Å². The molecule has 2 aromatic rings. The van der Waals surface area contributed by atoms with E-state index in [1.807, 2.05) is 0 Å². The third-order valence-corrected chi connectivity index (χ3v) is 3.46. The fraction of sp³-hybridized carbons (Fsp3) is 0.176. The lowest BCUT2D eigenvalue weighted by Crippen LogP contribution is -2.20. The van der Waals surface area contributed by atoms with Crippen LogP contribution in [0.25, 0.3) is 0 Å². The predicted molar refractivity (Wildman–Crippen MR) is 94.5 cm³/mol. The number of benzene rings is 2. The molecule has 0 saturated carbocycles. The number of ether oxygens (including phenoxy) is 3. The molecular formula is C17H17ClN2O5. The van der Waals surface area contributed by atoms with Gasteiger partial charge in [0, 0.05) is 11.3 Å². The summed E-state index contributed by atoms with van der Waals surface area (Å²) in [4.78, 5) is 12.0. The lowest BCUT2D eigenvalue weighted by molar-refractivity contribution is -0.118. The SMILES string of the molecule is COc1ccc(NC(=O)COc2c(Cl)cc(/C=N/O)cc2OC)cc1. The number of nitrogens with zero attached hydrogens (tertiary/aromatic N) is 1. The molecule has 25 heavy (non-hydrogen) atoms. The smallest absolute Gasteiger partial charge is 0.262 e. The zero-order valence-electron chi connectivity index (χ0n) is 13.7. The first-order valence-electron chi connectivity index (χ1n) is 7.19. The van der Waals surface area contributed by atoms with Gasteiger partial charge in [-0.2, -0.15) is 0 Å². The molecule has 7 nitrogen and oxygen atoms in total. The Bertz CT molecular complexity index is 762. The van der Waals surface area contributed by atoms with E-state index in [1.165, 1.54) is 19.4 Å². The van der Waals surface area contributed by atoms with Gasteiger partial charge in [-0.25, -0.2) is 0 Å². The highest BCUT2D eigenvalue weighted by molar-refractivity contribution is 6.32. The summed E-state index contributed by atoms with van der Waals surface area (Å²) in [6.07, 6.45) is 1.20. The van der Waals surface area contributed by atoms with Crippen molar-refractivity contribution in [1.82, 2.24) is 0 Å². The van der Waals surface area contributed by atoms with E-state index in [0.29, 0.717) is 22.7 Å². The summed E-state index contributed by atoms with van der Waals surface area (Å²) in [5.74, 6) is 0.880. The molecule has 0 heterocycles. The number of nitrogens with one attached hydrogen (secondary N) is 1. The Morgan fingerprint density at radius 2 is 1.96 bits per heavy atom. The van der Waals surface area contributed by atoms with Gasteiger partial charge in [-0.3, -0.25) is 4.79 Å². The van der Waals surface area contributed by atoms with E-state index in [9.17, 15) is 4.79 Å². The number of hydrogen-bond donors (Lipinski definition) is 2. The molecular weight excluding hydrogens is 348 g/mol. The standard InChI is InChI=1S/C17H17ClN2O5/c1-23-13-5-3-12(4-6-13)20-16(21)10-25-17-14(18)7-11(9-19-22)8-15(17)24-2/h3-9,22H,10H2,1-2H3,(H,20,21)/b19-9+. The van der Waals surface area contributed by atoms with Gasteiger partial charge in [0.1, 0.15) is 5.75 Å². The van der Waals surface area contributed by atoms with Crippen molar-refractivity contribution in [2.45, 2.75) is 0 Å². The van der Waals surface area contributed by atoms with Gasteiger partial charge in [0.15, 0.2) is 18.1 Å². The molecule has 0 spiro atoms. The van der Waals surface area contributed by atoms with Gasteiger partial charge in [-0.05, 0) is 36.4 Å². The highest BCUT2D eigenvalue weighted by Gasteiger charge is 2.13. The predicted octanol–water partition coefficient (Wildman–Crippen LogP) is 3.18. The van der Waals surface area contributed by atoms with Crippen molar-refractivity contribution in [3.05, 3.63) is 47.0 Å². The van der Waals surface area contributed by atoms with Crippen LogP contribution >= 0.6 is 11.6 Å². The van der Waals surface area contributed by atoms with Gasteiger partial charge < -0.3 is 24.7 Å². The van der Waals surface area contributed by atoms with E-state index < -0.39 is 0 Å². The first kappa shape index (κ1) is 18.4. The van der Waals surface area contributed by atoms with E-state index in [1.54, 1.807) is 37.4 Å². The fourth-order valence-electron chi connectivity index (χ4n) is 2.03. The maximum Gasteiger partial charge on any atom is 0.262 e. The Balaban J connectivity index is 2.03. The number of rotatable bonds is 7. The highest BCUT2D eigenvalue weighted by atomic mass is 35.5. The van der Waals surface area contributed by atoms with Gasteiger partial charge in [-0.15, -0.1) is 0 Å². The van der Waals surface area contributed by atoms with Gasteiger partial charge in [0.2, 0.25) is 0 Å². The van der Waals surface area contributed by atoms with Crippen LogP contribution < -0.4 is 19.5 Å². The third kappa shape index (κ3) is 5.02. The first-order chi connectivity index (χ1) is 12.1. The number of oxime groups is 1. The second-order valence-electron chi connectivity index (χ2n) is 4.84. The molecule has 0 atom stereocenters. The van der Waals surface area contributed by atoms with Gasteiger partial charge in [-0.1, -0.05) is 16.8 Å². The van der Waals surface area contributed by atoms with Crippen LogP contribution in [0, 0.1) is 0 Å². The Morgan fingerprint density at radius 3 is 2.56 bits per heavy atom. The van der Waals surface area contributed by atoms with Gasteiger partial charge in [0.25, 0.3) is 5.91 Å². The number of carbonyl (C=O) groups excluding carboxylic acids is 1. The van der Waals surface area contributed by atoms with Crippen molar-refractivity contribution in [3.63, 3.8) is 0 Å². The number of halogens is 1. The second kappa shape index (κ2) is 8.79. The molecule has 2 N–H and O–H groups in total. The van der Waals surface area contributed by atoms with Crippen molar-refractivity contribution in [3.8, 4) is 17.2 Å². The Labute approximate surface area is 149 Å². The van der Waals surface area contributed by atoms with Crippen LogP contribution in [0.3, 0.4) is 0 Å². The molecule has 0 unspecified atom stereocenters. The minimum Gasteiger partial charge on any atom is -0.497 e. The average molecular weight is 365 g/mol. The van der Waals surface area contributed by atoms with E-state index in [0.717, 1.165) is 0 Å². The maximum absolute atomic E-state index is 12.0. The summed E-state index contributed by atoms with van der Waals surface area (Å²) in [7, 11) is 3.01. The van der Waals surface area contributed by atoms with Crippen LogP contribution in [-0.2, 0) is 4.79 Å². The van der Waals surface area contributed by atoms with E-state index in [4.69, 9.17) is 31.0 Å². The van der Waals surface area contributed by atoms with E-state index in [2.05, 4.69) is 10.5 Å². The molecule has 0 aliphatic heterocycles. The quantitative estimate of drug-likeness (QED) is 0.447. The lowest BCUT2D eigenvalue weighted by atomic mass is 10.2. The molecule has 1 amide bonds. The second-order valence-corrected chi connectivity index (χ2v) is 5.25. The first-order valence-corrected chi connectivity index (χ1v) is 7.57. The van der Waals surface area contributed by atoms with E-state index >= 15 is 0 Å². The maximum atomic E-state index is 12.0. The molecule has 132 valence electrons. The minimum atomic E-state index is -0.357. The van der Waals surface area contributed by atoms with Crippen LogP contribution in [0.15, 0.2) is 41.6 Å². The topological polar surface area (TPSA) is 89.4 Å². The van der Waals surface area contributed by atoms with Gasteiger partial charge in [0.05, 0.1) is 25.5 Å². The summed E-state index contributed by atoms with van der Waals surface area (Å²) in [6.45, 7) is -0.254. The minimum absolute atomic E-state index is 0.226. The van der Waals surface area contributed by atoms with Crippen molar-refractivity contribution < 1.29 is 24.2 Å². The largest absolute Gasteiger partial charge is 0.497 e. The molecule has 0 aromatic heterocycles. The summed E-state index contributed by atoms with van der Waals surface area (Å²) < 4.78 is 15.7. The Hall–Kier alpha value is -2.93. The highest BCUT2D eigenvalue weighted by Crippen LogP contribution is 2.36. The molecule has 0 aliphatic carbocycles. The zero-order chi connectivity index (χ0) is 18.2. The number of carbonyl (C=O) groups is 1. The number of methoxy groups -OCH3 is 2. The summed E-state index contributed by atoms with van der Waals surface area (Å²) >= 11 is 6.13. The van der Waals surface area contributed by atoms with Gasteiger partial charge >= 0.3 is 0 Å². The van der Waals surface area contributed by atoms with Crippen molar-refractivity contribution in [1.29, 1.82) is 0 Å². The molecule has 0 radical (unpaired) electrons. The van der Waals surface area contributed by atoms with E-state index in [-0.39, 0.29) is 23.3 Å². The molecule has 2 rings (SSSR count). The van der Waals surface area contributed by atoms with Crippen LogP contribution in [0.5, 0.6) is 17.2 Å². The van der Waals surface area contributed by atoms with Crippen LogP contribution in [0.4, 0.5) is 5.69 Å². The van der Waals surface area contributed by atoms with Crippen LogP contribution in [0.1, 0.15) is 5.56 Å². The summed E-state index contributed by atoms with van der Waals surface area (Å²) in [6, 6.07) is 10.00. The third-order valence-electron chi connectivity index (χ3n) is 3.18. The number of anilines is 1. The monoisotopic (exact) mass is 364 g/mol. The van der Waals surface area contributed by atoms with Crippen molar-refractivity contribution in [2.75, 3.05) is 26.1 Å². The Kier molecular flexibility index (Phi) is 6.47. The van der Waals surface area contributed by atoms with Crippen LogP contribution in [-0.4, -0.2) is 38.2 Å². The number of amides is 1. The zero-order valence-corrected chi connectivity index (χ0v) is 14.4. The molecule has 0 aliphatic rings. The molecule has 8 heteroatoms. The normalized spacial score (nSPS) is 10.5. The molecule has 2 aromatic carbocycles. The molecule has 0 bridgehead atoms. The summed E-state index contributed by atoms with van der Waals surface area (Å²) in [5.41, 5.74) is 1.14. The molecule has 0 saturated heterocycles. The number of hydrogen-bond acceptors (Lipinski definition) is 6. The fourth-order valence-corrected chi connectivity index (χ4v) is 2.30. The van der Waals surface area contributed by atoms with Crippen molar-refractivity contribution >= 4 is 29.4 Å². The Morgan fingerprint density at radius 1 is 1.24 bits per heavy atom.